The minimum absolute atomic E-state index is 0.330. The lowest BCUT2D eigenvalue weighted by Gasteiger charge is -2.21. The number of fused-ring (bicyclic) bond motifs is 6. The van der Waals surface area contributed by atoms with Crippen LogP contribution in [-0.4, -0.2) is 19.1 Å². The summed E-state index contributed by atoms with van der Waals surface area (Å²) in [5, 5.41) is 14.7. The molecule has 0 atom stereocenters. The van der Waals surface area contributed by atoms with Crippen LogP contribution in [0.1, 0.15) is 5.56 Å². The molecule has 0 saturated carbocycles. The molecule has 0 saturated heterocycles. The third kappa shape index (κ3) is 6.51. The van der Waals surface area contributed by atoms with Crippen molar-refractivity contribution in [3.8, 4) is 73.6 Å². The summed E-state index contributed by atoms with van der Waals surface area (Å²) in [7, 11) is 0. The molecule has 8 aromatic carbocycles. The van der Waals surface area contributed by atoms with Crippen molar-refractivity contribution in [2.24, 2.45) is 0 Å². The van der Waals surface area contributed by atoms with Crippen LogP contribution >= 0.6 is 0 Å². The zero-order valence-corrected chi connectivity index (χ0v) is 35.2. The summed E-state index contributed by atoms with van der Waals surface area (Å²) in [6.07, 6.45) is 0. The van der Waals surface area contributed by atoms with Gasteiger partial charge in [-0.1, -0.05) is 121 Å². The Morgan fingerprint density at radius 3 is 1.21 bits per heavy atom. The van der Waals surface area contributed by atoms with Crippen molar-refractivity contribution in [1.29, 1.82) is 5.26 Å². The van der Waals surface area contributed by atoms with Gasteiger partial charge in [0.2, 0.25) is 0 Å². The molecule has 5 nitrogen and oxygen atoms in total. The molecule has 0 radical (unpaired) electrons. The van der Waals surface area contributed by atoms with E-state index in [-0.39, 0.29) is 0 Å². The molecule has 12 aromatic rings. The van der Waals surface area contributed by atoms with Crippen LogP contribution in [0.15, 0.2) is 212 Å². The summed E-state index contributed by atoms with van der Waals surface area (Å²) < 4.78 is 35.4. The first-order valence-electron chi connectivity index (χ1n) is 21.7. The van der Waals surface area contributed by atoms with Gasteiger partial charge in [0.05, 0.1) is 67.8 Å². The predicted octanol–water partition coefficient (Wildman–Crippen LogP) is 15.2. The molecule has 0 bridgehead atoms. The Morgan fingerprint density at radius 1 is 0.348 bits per heavy atom. The molecule has 0 N–H and O–H groups in total. The molecule has 0 unspecified atom stereocenters. The molecule has 4 aromatic heterocycles. The van der Waals surface area contributed by atoms with Crippen LogP contribution in [0.5, 0.6) is 0 Å². The summed E-state index contributed by atoms with van der Waals surface area (Å²) in [6, 6.07) is 70.8. The summed E-state index contributed by atoms with van der Waals surface area (Å²) in [5.74, 6) is -1.42. The van der Waals surface area contributed by atoms with E-state index in [4.69, 9.17) is 9.97 Å². The first-order valence-corrected chi connectivity index (χ1v) is 21.7. The van der Waals surface area contributed by atoms with Gasteiger partial charge < -0.3 is 9.13 Å². The number of pyridine rings is 2. The van der Waals surface area contributed by atoms with Crippen LogP contribution < -0.4 is 0 Å². The van der Waals surface area contributed by atoms with E-state index in [1.807, 2.05) is 121 Å². The molecule has 66 heavy (non-hydrogen) atoms. The minimum atomic E-state index is -0.708. The molecule has 0 amide bonds. The fourth-order valence-electron chi connectivity index (χ4n) is 9.54. The summed E-state index contributed by atoms with van der Waals surface area (Å²) in [6.45, 7) is 0. The largest absolute Gasteiger partial charge is 0.308 e. The lowest BCUT2D eigenvalue weighted by molar-refractivity contribution is 0.584. The fraction of sp³-hybridized carbons (Fsp3) is 0. The van der Waals surface area contributed by atoms with Crippen LogP contribution in [-0.2, 0) is 0 Å². The van der Waals surface area contributed by atoms with Crippen molar-refractivity contribution in [2.75, 3.05) is 0 Å². The van der Waals surface area contributed by atoms with Gasteiger partial charge in [0.15, 0.2) is 0 Å². The van der Waals surface area contributed by atoms with E-state index in [0.717, 1.165) is 94.7 Å². The molecule has 0 spiro atoms. The number of rotatable bonds is 7. The van der Waals surface area contributed by atoms with E-state index >= 15 is 8.78 Å². The maximum atomic E-state index is 15.6. The molecular formula is C59H35F2N5. The van der Waals surface area contributed by atoms with E-state index in [1.54, 1.807) is 0 Å². The number of nitriles is 1. The Balaban J connectivity index is 1.11. The number of nitrogens with zero attached hydrogens (tertiary/aromatic N) is 5. The molecular weight excluding hydrogens is 817 g/mol. The van der Waals surface area contributed by atoms with Crippen molar-refractivity contribution in [2.45, 2.75) is 0 Å². The molecule has 0 aliphatic heterocycles. The minimum Gasteiger partial charge on any atom is -0.308 e. The lowest BCUT2D eigenvalue weighted by atomic mass is 9.97. The summed E-state index contributed by atoms with van der Waals surface area (Å²) in [4.78, 5) is 10.1. The van der Waals surface area contributed by atoms with Crippen LogP contribution in [0.4, 0.5) is 8.78 Å². The average Bonchev–Trinajstić information content (AvgIpc) is 3.88. The maximum absolute atomic E-state index is 15.6. The van der Waals surface area contributed by atoms with Gasteiger partial charge in [-0.25, -0.2) is 18.7 Å². The number of halogens is 2. The third-order valence-corrected chi connectivity index (χ3v) is 12.4. The van der Waals surface area contributed by atoms with E-state index in [2.05, 4.69) is 88.0 Å². The maximum Gasteiger partial charge on any atom is 0.126 e. The van der Waals surface area contributed by atoms with E-state index in [1.165, 1.54) is 12.1 Å². The topological polar surface area (TPSA) is 59.4 Å². The number of benzene rings is 8. The van der Waals surface area contributed by atoms with E-state index in [9.17, 15) is 5.26 Å². The van der Waals surface area contributed by atoms with Crippen molar-refractivity contribution in [1.82, 2.24) is 19.1 Å². The second-order valence-corrected chi connectivity index (χ2v) is 16.4. The van der Waals surface area contributed by atoms with Crippen LogP contribution in [0.2, 0.25) is 0 Å². The zero-order valence-electron chi connectivity index (χ0n) is 35.2. The highest BCUT2D eigenvalue weighted by Crippen LogP contribution is 2.44. The van der Waals surface area contributed by atoms with E-state index in [0.29, 0.717) is 28.1 Å². The van der Waals surface area contributed by atoms with Crippen LogP contribution in [0, 0.1) is 23.0 Å². The van der Waals surface area contributed by atoms with E-state index < -0.39 is 11.6 Å². The van der Waals surface area contributed by atoms with Crippen LogP contribution in [0.25, 0.3) is 111 Å². The van der Waals surface area contributed by atoms with Gasteiger partial charge in [0.1, 0.15) is 11.6 Å². The van der Waals surface area contributed by atoms with Crippen molar-refractivity contribution in [3.05, 3.63) is 230 Å². The van der Waals surface area contributed by atoms with Gasteiger partial charge in [0.25, 0.3) is 0 Å². The molecule has 310 valence electrons. The average molecular weight is 852 g/mol. The van der Waals surface area contributed by atoms with Crippen molar-refractivity contribution >= 4 is 43.6 Å². The molecule has 0 fully saturated rings. The first kappa shape index (κ1) is 38.7. The first-order chi connectivity index (χ1) is 32.5. The molecule has 7 heteroatoms. The van der Waals surface area contributed by atoms with Gasteiger partial charge in [-0.15, -0.1) is 0 Å². The third-order valence-electron chi connectivity index (χ3n) is 12.4. The highest BCUT2D eigenvalue weighted by molar-refractivity contribution is 6.13. The van der Waals surface area contributed by atoms with Gasteiger partial charge in [0, 0.05) is 55.4 Å². The molecule has 0 aliphatic carbocycles. The highest BCUT2D eigenvalue weighted by atomic mass is 19.1. The highest BCUT2D eigenvalue weighted by Gasteiger charge is 2.24. The van der Waals surface area contributed by atoms with Crippen molar-refractivity contribution < 1.29 is 8.78 Å². The Morgan fingerprint density at radius 2 is 0.758 bits per heavy atom. The van der Waals surface area contributed by atoms with Crippen molar-refractivity contribution in [3.63, 3.8) is 0 Å². The summed E-state index contributed by atoms with van der Waals surface area (Å²) in [5.41, 5.74) is 13.3. The standard InChI is InChI=1S/C59H35F2N5/c60-43-31-42(32-44(61)35-43)59-57(65-53-23-9-7-17-45(53)47-33-40(25-27-55(47)65)51-21-11-19-49(63-51)38-13-3-1-4-14-38)29-37(36-62)30-58(59)66-54-24-10-8-18-46(54)48-34-41(26-28-56(48)66)52-22-12-20-50(64-52)39-15-5-2-6-16-39/h1-35H. The zero-order chi connectivity index (χ0) is 44.3. The lowest BCUT2D eigenvalue weighted by Crippen LogP contribution is -2.05. The second-order valence-electron chi connectivity index (χ2n) is 16.4. The smallest absolute Gasteiger partial charge is 0.126 e. The fourth-order valence-corrected chi connectivity index (χ4v) is 9.54. The Bertz CT molecular complexity index is 3680. The molecule has 0 aliphatic rings. The van der Waals surface area contributed by atoms with Crippen LogP contribution in [0.3, 0.4) is 0 Å². The van der Waals surface area contributed by atoms with Gasteiger partial charge in [-0.05, 0) is 90.5 Å². The summed E-state index contributed by atoms with van der Waals surface area (Å²) >= 11 is 0. The Kier molecular flexibility index (Phi) is 9.18. The molecule has 12 rings (SSSR count). The number of hydrogen-bond donors (Lipinski definition) is 0. The van der Waals surface area contributed by atoms with Gasteiger partial charge in [-0.3, -0.25) is 0 Å². The number of aromatic nitrogens is 4. The number of hydrogen-bond acceptors (Lipinski definition) is 3. The quantitative estimate of drug-likeness (QED) is 0.160. The van der Waals surface area contributed by atoms with Gasteiger partial charge >= 0.3 is 0 Å². The Hall–Kier alpha value is -8.99. The van der Waals surface area contributed by atoms with Gasteiger partial charge in [-0.2, -0.15) is 5.26 Å². The monoisotopic (exact) mass is 851 g/mol. The second kappa shape index (κ2) is 15.7. The predicted molar refractivity (Wildman–Crippen MR) is 263 cm³/mol. The SMILES string of the molecule is N#Cc1cc(-n2c3ccccc3c3cc(-c4cccc(-c5ccccc5)n4)ccc32)c(-c2cc(F)cc(F)c2)c(-n2c3ccccc3c3cc(-c4cccc(-c5ccccc5)n4)ccc32)c1. The Labute approximate surface area is 378 Å². The molecule has 4 heterocycles. The number of para-hydroxylation sites is 2. The normalized spacial score (nSPS) is 11.5.